The molecule has 2 aromatic rings. The van der Waals surface area contributed by atoms with Crippen LogP contribution in [0, 0.1) is 0 Å². The van der Waals surface area contributed by atoms with Gasteiger partial charge in [0.25, 0.3) is 0 Å². The average molecular weight is 285 g/mol. The molecule has 0 aliphatic carbocycles. The first kappa shape index (κ1) is 13.2. The van der Waals surface area contributed by atoms with Crippen LogP contribution in [0.3, 0.4) is 0 Å². The zero-order valence-corrected chi connectivity index (χ0v) is 11.8. The van der Waals surface area contributed by atoms with Crippen molar-refractivity contribution in [2.45, 2.75) is 20.4 Å². The Kier molecular flexibility index (Phi) is 4.09. The summed E-state index contributed by atoms with van der Waals surface area (Å²) in [6.07, 6.45) is 0. The van der Waals surface area contributed by atoms with Gasteiger partial charge in [0, 0.05) is 13.1 Å². The van der Waals surface area contributed by atoms with Crippen LogP contribution in [0.4, 0.5) is 5.95 Å². The summed E-state index contributed by atoms with van der Waals surface area (Å²) < 4.78 is 1.95. The number of hydrogen-bond donors (Lipinski definition) is 1. The van der Waals surface area contributed by atoms with Gasteiger partial charge in [-0.1, -0.05) is 29.3 Å². The zero-order chi connectivity index (χ0) is 13.1. The Bertz CT molecular complexity index is 531. The number of nitrogens with one attached hydrogen (secondary N) is 1. The lowest BCUT2D eigenvalue weighted by atomic mass is 10.2. The van der Waals surface area contributed by atoms with Crippen LogP contribution in [0.2, 0.25) is 10.0 Å². The number of halogens is 2. The predicted octanol–water partition coefficient (Wildman–Crippen LogP) is 3.70. The van der Waals surface area contributed by atoms with Gasteiger partial charge in [0.05, 0.1) is 15.6 Å². The molecule has 4 nitrogen and oxygen atoms in total. The Morgan fingerprint density at radius 1 is 1.17 bits per heavy atom. The summed E-state index contributed by atoms with van der Waals surface area (Å²) in [5.74, 6) is 1.41. The van der Waals surface area contributed by atoms with Gasteiger partial charge in [-0.25, -0.2) is 0 Å². The second-order valence-corrected chi connectivity index (χ2v) is 4.53. The Morgan fingerprint density at radius 3 is 2.39 bits per heavy atom. The number of nitrogens with zero attached hydrogens (tertiary/aromatic N) is 3. The molecule has 1 heterocycles. The molecule has 0 radical (unpaired) electrons. The first-order chi connectivity index (χ1) is 8.69. The van der Waals surface area contributed by atoms with Gasteiger partial charge in [-0.15, -0.1) is 10.2 Å². The van der Waals surface area contributed by atoms with E-state index in [-0.39, 0.29) is 0 Å². The summed E-state index contributed by atoms with van der Waals surface area (Å²) in [6.45, 7) is 5.57. The maximum absolute atomic E-state index is 6.19. The van der Waals surface area contributed by atoms with Crippen LogP contribution >= 0.6 is 23.2 Å². The fourth-order valence-corrected chi connectivity index (χ4v) is 2.35. The van der Waals surface area contributed by atoms with E-state index < -0.39 is 0 Å². The molecule has 6 heteroatoms. The van der Waals surface area contributed by atoms with Crippen molar-refractivity contribution in [3.8, 4) is 11.4 Å². The molecule has 0 bridgehead atoms. The molecule has 0 saturated heterocycles. The van der Waals surface area contributed by atoms with Crippen molar-refractivity contribution in [3.63, 3.8) is 0 Å². The summed E-state index contributed by atoms with van der Waals surface area (Å²) in [6, 6.07) is 5.40. The lowest BCUT2D eigenvalue weighted by Crippen LogP contribution is -2.07. The fraction of sp³-hybridized carbons (Fsp3) is 0.333. The molecule has 1 aromatic heterocycles. The molecule has 1 aromatic carbocycles. The number of benzene rings is 1. The quantitative estimate of drug-likeness (QED) is 0.931. The van der Waals surface area contributed by atoms with Gasteiger partial charge in [0.15, 0.2) is 5.82 Å². The molecule has 1 N–H and O–H groups in total. The summed E-state index contributed by atoms with van der Waals surface area (Å²) in [7, 11) is 0. The molecule has 96 valence electrons. The van der Waals surface area contributed by atoms with Crippen LogP contribution in [0.25, 0.3) is 11.4 Å². The molecule has 18 heavy (non-hydrogen) atoms. The molecule has 0 aliphatic rings. The van der Waals surface area contributed by atoms with Gasteiger partial charge >= 0.3 is 0 Å². The van der Waals surface area contributed by atoms with E-state index in [1.165, 1.54) is 0 Å². The first-order valence-electron chi connectivity index (χ1n) is 5.80. The third kappa shape index (κ3) is 2.31. The highest BCUT2D eigenvalue weighted by Gasteiger charge is 2.17. The van der Waals surface area contributed by atoms with Crippen LogP contribution < -0.4 is 5.32 Å². The van der Waals surface area contributed by atoms with Crippen molar-refractivity contribution in [1.82, 2.24) is 14.8 Å². The van der Waals surface area contributed by atoms with Gasteiger partial charge < -0.3 is 5.32 Å². The van der Waals surface area contributed by atoms with Crippen LogP contribution in [-0.2, 0) is 6.54 Å². The van der Waals surface area contributed by atoms with E-state index in [9.17, 15) is 0 Å². The van der Waals surface area contributed by atoms with Crippen molar-refractivity contribution in [1.29, 1.82) is 0 Å². The van der Waals surface area contributed by atoms with Crippen molar-refractivity contribution >= 4 is 29.2 Å². The maximum Gasteiger partial charge on any atom is 0.224 e. The molecule has 0 fully saturated rings. The van der Waals surface area contributed by atoms with E-state index in [4.69, 9.17) is 23.2 Å². The normalized spacial score (nSPS) is 10.7. The van der Waals surface area contributed by atoms with Gasteiger partial charge in [0.1, 0.15) is 0 Å². The topological polar surface area (TPSA) is 42.7 Å². The van der Waals surface area contributed by atoms with Crippen molar-refractivity contribution < 1.29 is 0 Å². The third-order valence-corrected chi connectivity index (χ3v) is 3.22. The molecular weight excluding hydrogens is 271 g/mol. The Morgan fingerprint density at radius 2 is 1.83 bits per heavy atom. The van der Waals surface area contributed by atoms with E-state index in [1.807, 2.05) is 24.5 Å². The maximum atomic E-state index is 6.19. The second kappa shape index (κ2) is 5.59. The Balaban J connectivity index is 2.57. The molecular formula is C12H14Cl2N4. The van der Waals surface area contributed by atoms with Gasteiger partial charge in [-0.3, -0.25) is 4.57 Å². The van der Waals surface area contributed by atoms with Gasteiger partial charge in [0.2, 0.25) is 5.95 Å². The molecule has 0 unspecified atom stereocenters. The van der Waals surface area contributed by atoms with Crippen LogP contribution in [-0.4, -0.2) is 21.3 Å². The minimum atomic E-state index is 0.577. The van der Waals surface area contributed by atoms with Crippen molar-refractivity contribution in [2.75, 3.05) is 11.9 Å². The molecule has 0 spiro atoms. The van der Waals surface area contributed by atoms with Crippen molar-refractivity contribution in [2.24, 2.45) is 0 Å². The summed E-state index contributed by atoms with van der Waals surface area (Å²) in [4.78, 5) is 0. The number of hydrogen-bond acceptors (Lipinski definition) is 3. The Labute approximate surface area is 116 Å². The lowest BCUT2D eigenvalue weighted by molar-refractivity contribution is 0.770. The van der Waals surface area contributed by atoms with Gasteiger partial charge in [-0.2, -0.15) is 0 Å². The lowest BCUT2D eigenvalue weighted by Gasteiger charge is -2.10. The smallest absolute Gasteiger partial charge is 0.224 e. The molecule has 0 aliphatic heterocycles. The highest BCUT2D eigenvalue weighted by atomic mass is 35.5. The number of anilines is 1. The van der Waals surface area contributed by atoms with E-state index in [0.29, 0.717) is 15.9 Å². The largest absolute Gasteiger partial charge is 0.355 e. The Hall–Kier alpha value is -1.26. The van der Waals surface area contributed by atoms with E-state index in [0.717, 1.165) is 24.6 Å². The second-order valence-electron chi connectivity index (χ2n) is 3.72. The molecule has 2 rings (SSSR count). The minimum absolute atomic E-state index is 0.577. The number of aromatic nitrogens is 3. The number of rotatable bonds is 4. The average Bonchev–Trinajstić information content (AvgIpc) is 2.72. The summed E-state index contributed by atoms with van der Waals surface area (Å²) in [5.41, 5.74) is 0.722. The minimum Gasteiger partial charge on any atom is -0.355 e. The first-order valence-corrected chi connectivity index (χ1v) is 6.56. The van der Waals surface area contributed by atoms with E-state index in [1.54, 1.807) is 12.1 Å². The van der Waals surface area contributed by atoms with E-state index in [2.05, 4.69) is 15.5 Å². The highest BCUT2D eigenvalue weighted by molar-refractivity contribution is 6.39. The standard InChI is InChI=1S/C12H14Cl2N4/c1-3-15-12-17-16-11(18(12)4-2)10-8(13)6-5-7-9(10)14/h5-7H,3-4H2,1-2H3,(H,15,17). The SMILES string of the molecule is CCNc1nnc(-c2c(Cl)cccc2Cl)n1CC. The van der Waals surface area contributed by atoms with Crippen LogP contribution in [0.5, 0.6) is 0 Å². The third-order valence-electron chi connectivity index (χ3n) is 2.59. The summed E-state index contributed by atoms with van der Waals surface area (Å²) in [5, 5.41) is 12.6. The monoisotopic (exact) mass is 284 g/mol. The zero-order valence-electron chi connectivity index (χ0n) is 10.2. The predicted molar refractivity (Wildman–Crippen MR) is 75.3 cm³/mol. The van der Waals surface area contributed by atoms with E-state index >= 15 is 0 Å². The van der Waals surface area contributed by atoms with Crippen LogP contribution in [0.1, 0.15) is 13.8 Å². The molecule has 0 saturated carbocycles. The summed E-state index contributed by atoms with van der Waals surface area (Å²) >= 11 is 12.4. The van der Waals surface area contributed by atoms with Crippen molar-refractivity contribution in [3.05, 3.63) is 28.2 Å². The molecule has 0 atom stereocenters. The fourth-order valence-electron chi connectivity index (χ4n) is 1.79. The van der Waals surface area contributed by atoms with Gasteiger partial charge in [-0.05, 0) is 26.0 Å². The molecule has 0 amide bonds. The highest BCUT2D eigenvalue weighted by Crippen LogP contribution is 2.34. The van der Waals surface area contributed by atoms with Crippen LogP contribution in [0.15, 0.2) is 18.2 Å².